The molecule has 0 saturated heterocycles. The summed E-state index contributed by atoms with van der Waals surface area (Å²) < 4.78 is 10.6. The Morgan fingerprint density at radius 3 is 2.55 bits per heavy atom. The van der Waals surface area contributed by atoms with Gasteiger partial charge in [0.15, 0.2) is 6.61 Å². The number of ether oxygens (including phenoxy) is 2. The number of benzene rings is 2. The van der Waals surface area contributed by atoms with Gasteiger partial charge < -0.3 is 9.47 Å². The van der Waals surface area contributed by atoms with E-state index in [0.29, 0.717) is 11.5 Å². The molecule has 1 aromatic heterocycles. The minimum Gasteiger partial charge on any atom is -0.497 e. The van der Waals surface area contributed by atoms with Gasteiger partial charge in [-0.1, -0.05) is 51.1 Å². The number of hydrogen-bond acceptors (Lipinski definition) is 5. The molecule has 3 aromatic rings. The second-order valence-corrected chi connectivity index (χ2v) is 9.48. The Labute approximate surface area is 194 Å². The third-order valence-corrected chi connectivity index (χ3v) is 6.37. The lowest BCUT2D eigenvalue weighted by Crippen LogP contribution is -2.28. The van der Waals surface area contributed by atoms with Gasteiger partial charge in [0.1, 0.15) is 11.8 Å². The standard InChI is InChI=1S/C28H28N2O3/c1-28(2,3)20-16-19(15-18-9-11-21(32-4)12-10-18)26-23(17-20)25(27(31)33-14-13-29)22-7-5-6-8-24(22)30-26/h5-12,15,20H,14,16-17H2,1-4H3/b19-15-/t20-/m1/s1. The maximum atomic E-state index is 13.1. The molecule has 1 heterocycles. The van der Waals surface area contributed by atoms with E-state index in [1.54, 1.807) is 7.11 Å². The van der Waals surface area contributed by atoms with E-state index in [1.165, 1.54) is 0 Å². The molecule has 0 aliphatic heterocycles. The highest BCUT2D eigenvalue weighted by Gasteiger charge is 2.35. The monoisotopic (exact) mass is 440 g/mol. The molecule has 0 amide bonds. The molecular formula is C28H28N2O3. The van der Waals surface area contributed by atoms with Crippen molar-refractivity contribution in [2.24, 2.45) is 11.3 Å². The number of esters is 1. The van der Waals surface area contributed by atoms with E-state index in [9.17, 15) is 4.79 Å². The zero-order valence-corrected chi connectivity index (χ0v) is 19.5. The van der Waals surface area contributed by atoms with Gasteiger partial charge in [0.2, 0.25) is 0 Å². The molecule has 168 valence electrons. The fourth-order valence-electron chi connectivity index (χ4n) is 4.44. The quantitative estimate of drug-likeness (QED) is 0.460. The maximum absolute atomic E-state index is 13.1. The number of nitriles is 1. The molecule has 0 bridgehead atoms. The fourth-order valence-corrected chi connectivity index (χ4v) is 4.44. The Bertz CT molecular complexity index is 1260. The van der Waals surface area contributed by atoms with Gasteiger partial charge in [0, 0.05) is 5.39 Å². The van der Waals surface area contributed by atoms with Gasteiger partial charge >= 0.3 is 5.97 Å². The predicted octanol–water partition coefficient (Wildman–Crippen LogP) is 6.07. The van der Waals surface area contributed by atoms with E-state index in [2.05, 4.69) is 26.8 Å². The number of para-hydroxylation sites is 1. The SMILES string of the molecule is COc1ccc(/C=C2/C[C@@H](C(C)(C)C)Cc3c2nc2ccccc2c3C(=O)OCC#N)cc1. The van der Waals surface area contributed by atoms with Crippen molar-refractivity contribution in [1.29, 1.82) is 5.26 Å². The number of allylic oxidation sites excluding steroid dienone is 1. The summed E-state index contributed by atoms with van der Waals surface area (Å²) in [6.07, 6.45) is 3.75. The van der Waals surface area contributed by atoms with E-state index in [4.69, 9.17) is 19.7 Å². The number of aromatic nitrogens is 1. The van der Waals surface area contributed by atoms with Crippen LogP contribution in [0.3, 0.4) is 0 Å². The van der Waals surface area contributed by atoms with Crippen LogP contribution in [0.2, 0.25) is 0 Å². The Hall–Kier alpha value is -3.65. The molecule has 0 saturated carbocycles. The van der Waals surface area contributed by atoms with Gasteiger partial charge in [0.05, 0.1) is 23.9 Å². The van der Waals surface area contributed by atoms with Gasteiger partial charge in [-0.2, -0.15) is 5.26 Å². The first kappa shape index (κ1) is 22.5. The van der Waals surface area contributed by atoms with Crippen LogP contribution in [-0.4, -0.2) is 24.7 Å². The maximum Gasteiger partial charge on any atom is 0.340 e. The molecular weight excluding hydrogens is 412 g/mol. The molecule has 4 rings (SSSR count). The average molecular weight is 441 g/mol. The molecule has 1 aliphatic rings. The molecule has 2 aromatic carbocycles. The van der Waals surface area contributed by atoms with Crippen molar-refractivity contribution in [2.75, 3.05) is 13.7 Å². The first-order valence-corrected chi connectivity index (χ1v) is 11.1. The first-order chi connectivity index (χ1) is 15.8. The number of nitrogens with zero attached hydrogens (tertiary/aromatic N) is 2. The predicted molar refractivity (Wildman–Crippen MR) is 130 cm³/mol. The van der Waals surface area contributed by atoms with Crippen molar-refractivity contribution in [3.63, 3.8) is 0 Å². The topological polar surface area (TPSA) is 72.2 Å². The van der Waals surface area contributed by atoms with Crippen LogP contribution in [0.25, 0.3) is 22.6 Å². The van der Waals surface area contributed by atoms with Gasteiger partial charge in [-0.3, -0.25) is 0 Å². The van der Waals surface area contributed by atoms with Crippen LogP contribution in [0, 0.1) is 22.7 Å². The summed E-state index contributed by atoms with van der Waals surface area (Å²) in [7, 11) is 1.65. The molecule has 0 N–H and O–H groups in total. The summed E-state index contributed by atoms with van der Waals surface area (Å²) in [6.45, 7) is 6.42. The highest BCUT2D eigenvalue weighted by atomic mass is 16.5. The molecule has 0 unspecified atom stereocenters. The number of rotatable bonds is 4. The molecule has 0 radical (unpaired) electrons. The number of hydrogen-bond donors (Lipinski definition) is 0. The van der Waals surface area contributed by atoms with Crippen LogP contribution in [0.15, 0.2) is 48.5 Å². The molecule has 5 nitrogen and oxygen atoms in total. The number of carbonyl (C=O) groups excluding carboxylic acids is 1. The second-order valence-electron chi connectivity index (χ2n) is 9.48. The molecule has 1 atom stereocenters. The first-order valence-electron chi connectivity index (χ1n) is 11.1. The molecule has 5 heteroatoms. The summed E-state index contributed by atoms with van der Waals surface area (Å²) in [5, 5.41) is 9.71. The Balaban J connectivity index is 1.94. The van der Waals surface area contributed by atoms with Crippen LogP contribution in [0.5, 0.6) is 5.75 Å². The van der Waals surface area contributed by atoms with Gasteiger partial charge in [-0.25, -0.2) is 9.78 Å². The average Bonchev–Trinajstić information content (AvgIpc) is 2.81. The van der Waals surface area contributed by atoms with Crippen molar-refractivity contribution in [1.82, 2.24) is 4.98 Å². The van der Waals surface area contributed by atoms with Crippen LogP contribution >= 0.6 is 0 Å². The third kappa shape index (κ3) is 4.61. The summed E-state index contributed by atoms with van der Waals surface area (Å²) in [6, 6.07) is 17.5. The van der Waals surface area contributed by atoms with Crippen molar-refractivity contribution in [2.45, 2.75) is 33.6 Å². The van der Waals surface area contributed by atoms with E-state index in [-0.39, 0.29) is 12.0 Å². The third-order valence-electron chi connectivity index (χ3n) is 6.37. The molecule has 1 aliphatic carbocycles. The second kappa shape index (κ2) is 9.07. The van der Waals surface area contributed by atoms with Gasteiger partial charge in [-0.15, -0.1) is 0 Å². The summed E-state index contributed by atoms with van der Waals surface area (Å²) in [4.78, 5) is 18.1. The fraction of sp³-hybridized carbons (Fsp3) is 0.321. The number of carbonyl (C=O) groups is 1. The summed E-state index contributed by atoms with van der Waals surface area (Å²) in [5.74, 6) is 0.658. The normalized spacial score (nSPS) is 16.8. The summed E-state index contributed by atoms with van der Waals surface area (Å²) >= 11 is 0. The number of methoxy groups -OCH3 is 1. The van der Waals surface area contributed by atoms with E-state index >= 15 is 0 Å². The van der Waals surface area contributed by atoms with Crippen LogP contribution in [0.1, 0.15) is 54.4 Å². The minimum atomic E-state index is -0.468. The van der Waals surface area contributed by atoms with Crippen LogP contribution in [-0.2, 0) is 11.2 Å². The lowest BCUT2D eigenvalue weighted by atomic mass is 9.69. The lowest BCUT2D eigenvalue weighted by Gasteiger charge is -2.36. The van der Waals surface area contributed by atoms with Crippen molar-refractivity contribution in [3.8, 4) is 11.8 Å². The molecule has 0 spiro atoms. The van der Waals surface area contributed by atoms with Gasteiger partial charge in [0.25, 0.3) is 0 Å². The Morgan fingerprint density at radius 2 is 1.88 bits per heavy atom. The zero-order valence-electron chi connectivity index (χ0n) is 19.5. The van der Waals surface area contributed by atoms with E-state index in [0.717, 1.165) is 51.9 Å². The van der Waals surface area contributed by atoms with Crippen LogP contribution < -0.4 is 4.74 Å². The van der Waals surface area contributed by atoms with Crippen molar-refractivity contribution in [3.05, 3.63) is 70.9 Å². The summed E-state index contributed by atoms with van der Waals surface area (Å²) in [5.41, 5.74) is 5.21. The zero-order chi connectivity index (χ0) is 23.6. The Morgan fingerprint density at radius 1 is 1.15 bits per heavy atom. The van der Waals surface area contributed by atoms with Gasteiger partial charge in [-0.05, 0) is 65.1 Å². The Kier molecular flexibility index (Phi) is 6.20. The van der Waals surface area contributed by atoms with Crippen molar-refractivity contribution >= 4 is 28.5 Å². The molecule has 0 fully saturated rings. The highest BCUT2D eigenvalue weighted by molar-refractivity contribution is 6.06. The lowest BCUT2D eigenvalue weighted by molar-refractivity contribution is 0.0555. The number of pyridine rings is 1. The largest absolute Gasteiger partial charge is 0.497 e. The van der Waals surface area contributed by atoms with Crippen molar-refractivity contribution < 1.29 is 14.3 Å². The van der Waals surface area contributed by atoms with E-state index < -0.39 is 5.97 Å². The highest BCUT2D eigenvalue weighted by Crippen LogP contribution is 2.44. The number of fused-ring (bicyclic) bond motifs is 2. The smallest absolute Gasteiger partial charge is 0.340 e. The van der Waals surface area contributed by atoms with Crippen LogP contribution in [0.4, 0.5) is 0 Å². The minimum absolute atomic E-state index is 0.0379. The van der Waals surface area contributed by atoms with E-state index in [1.807, 2.05) is 54.6 Å². The molecule has 33 heavy (non-hydrogen) atoms.